The maximum absolute atomic E-state index is 5.64. The van der Waals surface area contributed by atoms with Gasteiger partial charge in [0.25, 0.3) is 0 Å². The number of aromatic nitrogens is 2. The zero-order valence-corrected chi connectivity index (χ0v) is 10.9. The molecule has 2 aromatic rings. The molecule has 0 fully saturated rings. The minimum atomic E-state index is 0.0287. The number of thiocarbonyl (C=S) groups is 1. The molecule has 2 heterocycles. The van der Waals surface area contributed by atoms with Gasteiger partial charge in [-0.15, -0.1) is 0 Å². The van der Waals surface area contributed by atoms with Gasteiger partial charge in [-0.1, -0.05) is 30.4 Å². The number of para-hydroxylation sites is 1. The average Bonchev–Trinajstić information content (AvgIpc) is 2.83. The van der Waals surface area contributed by atoms with Crippen LogP contribution in [0.5, 0.6) is 5.75 Å². The van der Waals surface area contributed by atoms with Gasteiger partial charge in [0.1, 0.15) is 23.0 Å². The van der Waals surface area contributed by atoms with E-state index < -0.39 is 0 Å². The number of fused-ring (bicyclic) bond motifs is 1. The molecule has 3 rings (SSSR count). The first-order chi connectivity index (χ1) is 9.25. The molecule has 1 atom stereocenters. The molecule has 96 valence electrons. The van der Waals surface area contributed by atoms with Gasteiger partial charge in [-0.05, 0) is 6.07 Å². The number of rotatable bonds is 3. The molecular weight excluding hydrogens is 260 g/mol. The molecule has 1 unspecified atom stereocenters. The maximum atomic E-state index is 5.64. The zero-order valence-electron chi connectivity index (χ0n) is 10.0. The van der Waals surface area contributed by atoms with Gasteiger partial charge < -0.3 is 15.8 Å². The molecule has 0 aliphatic carbocycles. The lowest BCUT2D eigenvalue weighted by Crippen LogP contribution is -2.19. The number of benzene rings is 1. The lowest BCUT2D eigenvalue weighted by Gasteiger charge is -2.14. The molecule has 0 saturated carbocycles. The third-order valence-corrected chi connectivity index (χ3v) is 3.14. The second kappa shape index (κ2) is 4.81. The zero-order chi connectivity index (χ0) is 13.2. The Kier molecular flexibility index (Phi) is 3.00. The third kappa shape index (κ3) is 2.22. The summed E-state index contributed by atoms with van der Waals surface area (Å²) in [5, 5.41) is 3.28. The highest BCUT2D eigenvalue weighted by Crippen LogP contribution is 2.33. The molecule has 3 N–H and O–H groups in total. The van der Waals surface area contributed by atoms with Crippen molar-refractivity contribution in [3.05, 3.63) is 47.9 Å². The highest BCUT2D eigenvalue weighted by molar-refractivity contribution is 7.80. The molecule has 1 aromatic heterocycles. The van der Waals surface area contributed by atoms with Crippen LogP contribution in [0.2, 0.25) is 0 Å². The standard InChI is InChI=1S/C13H12N4OS/c14-12(19)11-13(16-6-5-15-11)17-9-7-18-10-4-2-1-3-8(9)10/h1-6,9H,7H2,(H2,14,19)(H,16,17). The van der Waals surface area contributed by atoms with Gasteiger partial charge in [0.15, 0.2) is 5.82 Å². The fraction of sp³-hybridized carbons (Fsp3) is 0.154. The summed E-state index contributed by atoms with van der Waals surface area (Å²) in [7, 11) is 0. The van der Waals surface area contributed by atoms with Crippen LogP contribution in [-0.2, 0) is 0 Å². The molecule has 1 aromatic carbocycles. The van der Waals surface area contributed by atoms with E-state index in [1.165, 1.54) is 0 Å². The lowest BCUT2D eigenvalue weighted by atomic mass is 10.1. The van der Waals surface area contributed by atoms with E-state index in [1.807, 2.05) is 24.3 Å². The van der Waals surface area contributed by atoms with E-state index in [-0.39, 0.29) is 11.0 Å². The van der Waals surface area contributed by atoms with Crippen LogP contribution >= 0.6 is 12.2 Å². The van der Waals surface area contributed by atoms with Crippen molar-refractivity contribution < 1.29 is 4.74 Å². The predicted molar refractivity (Wildman–Crippen MR) is 76.2 cm³/mol. The molecule has 0 amide bonds. The van der Waals surface area contributed by atoms with Crippen molar-refractivity contribution in [1.29, 1.82) is 0 Å². The first-order valence-electron chi connectivity index (χ1n) is 5.85. The molecule has 6 heteroatoms. The number of nitrogens with two attached hydrogens (primary N) is 1. The van der Waals surface area contributed by atoms with Gasteiger partial charge in [-0.3, -0.25) is 0 Å². The molecule has 0 radical (unpaired) electrons. The van der Waals surface area contributed by atoms with Crippen molar-refractivity contribution in [3.63, 3.8) is 0 Å². The van der Waals surface area contributed by atoms with Gasteiger partial charge in [-0.2, -0.15) is 0 Å². The molecular formula is C13H12N4OS. The number of anilines is 1. The monoisotopic (exact) mass is 272 g/mol. The quantitative estimate of drug-likeness (QED) is 0.828. The fourth-order valence-corrected chi connectivity index (χ4v) is 2.22. The average molecular weight is 272 g/mol. The summed E-state index contributed by atoms with van der Waals surface area (Å²) in [5.74, 6) is 1.47. The van der Waals surface area contributed by atoms with Gasteiger partial charge in [0.2, 0.25) is 0 Å². The number of hydrogen-bond donors (Lipinski definition) is 2. The number of ether oxygens (including phenoxy) is 1. The first-order valence-corrected chi connectivity index (χ1v) is 6.25. The summed E-state index contributed by atoms with van der Waals surface area (Å²) in [6.45, 7) is 0.548. The number of hydrogen-bond acceptors (Lipinski definition) is 5. The topological polar surface area (TPSA) is 73.1 Å². The molecule has 0 bridgehead atoms. The van der Waals surface area contributed by atoms with Crippen LogP contribution in [0.15, 0.2) is 36.7 Å². The summed E-state index contributed by atoms with van der Waals surface area (Å²) in [4.78, 5) is 8.61. The first kappa shape index (κ1) is 11.9. The van der Waals surface area contributed by atoms with E-state index in [2.05, 4.69) is 15.3 Å². The summed E-state index contributed by atoms with van der Waals surface area (Å²) >= 11 is 4.97. The minimum Gasteiger partial charge on any atom is -0.491 e. The molecule has 5 nitrogen and oxygen atoms in total. The van der Waals surface area contributed by atoms with Crippen molar-refractivity contribution in [2.45, 2.75) is 6.04 Å². The number of nitrogens with zero attached hydrogens (tertiary/aromatic N) is 2. The van der Waals surface area contributed by atoms with E-state index in [4.69, 9.17) is 22.7 Å². The van der Waals surface area contributed by atoms with Crippen LogP contribution in [0.4, 0.5) is 5.82 Å². The Balaban J connectivity index is 1.90. The molecule has 0 saturated heterocycles. The third-order valence-electron chi connectivity index (χ3n) is 2.94. The van der Waals surface area contributed by atoms with Crippen LogP contribution < -0.4 is 15.8 Å². The van der Waals surface area contributed by atoms with Crippen LogP contribution in [0.25, 0.3) is 0 Å². The van der Waals surface area contributed by atoms with Crippen molar-refractivity contribution in [2.24, 2.45) is 5.73 Å². The Bertz CT molecular complexity index is 632. The van der Waals surface area contributed by atoms with E-state index in [1.54, 1.807) is 12.4 Å². The summed E-state index contributed by atoms with van der Waals surface area (Å²) in [6, 6.07) is 7.93. The van der Waals surface area contributed by atoms with Gasteiger partial charge in [0.05, 0.1) is 6.04 Å². The smallest absolute Gasteiger partial charge is 0.155 e. The van der Waals surface area contributed by atoms with E-state index in [0.29, 0.717) is 18.1 Å². The van der Waals surface area contributed by atoms with Crippen LogP contribution in [0, 0.1) is 0 Å². The molecule has 1 aliphatic rings. The number of nitrogens with one attached hydrogen (secondary N) is 1. The highest BCUT2D eigenvalue weighted by Gasteiger charge is 2.24. The largest absolute Gasteiger partial charge is 0.491 e. The van der Waals surface area contributed by atoms with Crippen molar-refractivity contribution in [3.8, 4) is 5.75 Å². The van der Waals surface area contributed by atoms with Crippen LogP contribution in [0.1, 0.15) is 17.3 Å². The second-order valence-corrected chi connectivity index (χ2v) is 4.60. The van der Waals surface area contributed by atoms with Crippen molar-refractivity contribution >= 4 is 23.0 Å². The summed E-state index contributed by atoms with van der Waals surface area (Å²) in [6.07, 6.45) is 3.17. The minimum absolute atomic E-state index is 0.0287. The Hall–Kier alpha value is -2.21. The van der Waals surface area contributed by atoms with Crippen LogP contribution in [-0.4, -0.2) is 21.6 Å². The molecule has 0 spiro atoms. The molecule has 19 heavy (non-hydrogen) atoms. The lowest BCUT2D eigenvalue weighted by molar-refractivity contribution is 0.339. The van der Waals surface area contributed by atoms with E-state index in [0.717, 1.165) is 11.3 Å². The normalized spacial score (nSPS) is 16.5. The Morgan fingerprint density at radius 3 is 2.95 bits per heavy atom. The van der Waals surface area contributed by atoms with Crippen molar-refractivity contribution in [1.82, 2.24) is 9.97 Å². The Morgan fingerprint density at radius 1 is 1.32 bits per heavy atom. The summed E-state index contributed by atoms with van der Waals surface area (Å²) < 4.78 is 5.61. The Labute approximate surface area is 115 Å². The predicted octanol–water partition coefficient (Wildman–Crippen LogP) is 1.66. The van der Waals surface area contributed by atoms with Crippen molar-refractivity contribution in [2.75, 3.05) is 11.9 Å². The molecule has 1 aliphatic heterocycles. The SMILES string of the molecule is NC(=S)c1nccnc1NC1COc2ccccc21. The second-order valence-electron chi connectivity index (χ2n) is 4.16. The van der Waals surface area contributed by atoms with E-state index in [9.17, 15) is 0 Å². The van der Waals surface area contributed by atoms with Gasteiger partial charge >= 0.3 is 0 Å². The fourth-order valence-electron chi connectivity index (χ4n) is 2.07. The van der Waals surface area contributed by atoms with Gasteiger partial charge in [-0.25, -0.2) is 9.97 Å². The highest BCUT2D eigenvalue weighted by atomic mass is 32.1. The Morgan fingerprint density at radius 2 is 2.11 bits per heavy atom. The van der Waals surface area contributed by atoms with Gasteiger partial charge in [0, 0.05) is 18.0 Å². The maximum Gasteiger partial charge on any atom is 0.155 e. The summed E-state index contributed by atoms with van der Waals surface area (Å²) in [5.41, 5.74) is 7.24. The van der Waals surface area contributed by atoms with Crippen LogP contribution in [0.3, 0.4) is 0 Å². The van der Waals surface area contributed by atoms with E-state index >= 15 is 0 Å².